The normalized spacial score (nSPS) is 17.3. The number of hydrogen-bond acceptors (Lipinski definition) is 22. The number of hydrogen-bond donors (Lipinski definition) is 2. The van der Waals surface area contributed by atoms with Crippen molar-refractivity contribution in [2.75, 3.05) is 45.9 Å². The number of anilines is 1. The average molecular weight is 1750 g/mol. The molecule has 2 aliphatic heterocycles. The number of benzene rings is 4. The Bertz CT molecular complexity index is 6280. The number of rotatable bonds is 30. The lowest BCUT2D eigenvalue weighted by Crippen LogP contribution is -2.51. The molecule has 9 rings (SSSR count). The van der Waals surface area contributed by atoms with Gasteiger partial charge in [0.2, 0.25) is 18.4 Å². The number of phosphoric acid groups is 1. The molecule has 9 atom stereocenters. The predicted octanol–water partition coefficient (Wildman–Crippen LogP) is 11.4. The average Bonchev–Trinajstić information content (AvgIpc) is 1.36. The first-order valence-corrected chi connectivity index (χ1v) is 46.8. The Labute approximate surface area is 734 Å². The molecule has 2 aliphatic rings. The Balaban J connectivity index is 1.14. The van der Waals surface area contributed by atoms with Crippen LogP contribution in [0.3, 0.4) is 0 Å². The maximum atomic E-state index is 16.8. The molecule has 646 valence electrons. The number of amides is 1. The number of ketones is 1. The number of nitrogens with one attached hydrogen (secondary N) is 2. The molecule has 4 aromatic carbocycles. The molecule has 2 fully saturated rings. The van der Waals surface area contributed by atoms with Crippen molar-refractivity contribution in [1.29, 1.82) is 0 Å². The highest BCUT2D eigenvalue weighted by Gasteiger charge is 2.58. The van der Waals surface area contributed by atoms with E-state index < -0.39 is 163 Å². The minimum atomic E-state index is -5.38. The fourth-order valence-corrected chi connectivity index (χ4v) is 16.2. The molecule has 0 bridgehead atoms. The molecule has 0 aliphatic carbocycles. The van der Waals surface area contributed by atoms with E-state index >= 15 is 14.2 Å². The van der Waals surface area contributed by atoms with Crippen LogP contribution in [0.4, 0.5) is 5.95 Å². The number of terminal acetylenes is 1. The molecule has 7 aromatic rings. The first kappa shape index (κ1) is 96.4. The van der Waals surface area contributed by atoms with Crippen LogP contribution in [0.5, 0.6) is 17.2 Å². The van der Waals surface area contributed by atoms with Crippen LogP contribution >= 0.6 is 7.82 Å². The van der Waals surface area contributed by atoms with Gasteiger partial charge in [-0.1, -0.05) is 110 Å². The van der Waals surface area contributed by atoms with Crippen LogP contribution in [-0.2, 0) is 65.9 Å². The fraction of sp³-hybridized carbons (Fsp3) is 0.368. The van der Waals surface area contributed by atoms with Crippen molar-refractivity contribution < 1.29 is 79.3 Å². The summed E-state index contributed by atoms with van der Waals surface area (Å²) in [5.41, 5.74) is -2.21. The zero-order chi connectivity index (χ0) is 91.7. The molecule has 28 nitrogen and oxygen atoms in total. The van der Waals surface area contributed by atoms with Crippen molar-refractivity contribution in [3.8, 4) is 148 Å². The third-order valence-electron chi connectivity index (χ3n) is 21.0. The minimum Gasteiger partial charge on any atom is -0.497 e. The lowest BCUT2D eigenvalue weighted by molar-refractivity contribution is -0.156. The van der Waals surface area contributed by atoms with E-state index in [1.165, 1.54) is 30.0 Å². The van der Waals surface area contributed by atoms with Crippen LogP contribution in [0.15, 0.2) is 124 Å². The Morgan fingerprint density at radius 2 is 1.17 bits per heavy atom. The summed E-state index contributed by atoms with van der Waals surface area (Å²) in [6, 6.07) is 27.5. The van der Waals surface area contributed by atoms with Gasteiger partial charge >= 0.3 is 19.5 Å². The number of ether oxygens (including phenoxy) is 7. The fourth-order valence-electron chi connectivity index (χ4n) is 12.2. The smallest absolute Gasteiger partial charge is 0.475 e. The lowest BCUT2D eigenvalue weighted by atomic mass is 9.80. The van der Waals surface area contributed by atoms with Gasteiger partial charge in [0.1, 0.15) is 71.9 Å². The van der Waals surface area contributed by atoms with Crippen molar-refractivity contribution in [3.63, 3.8) is 0 Å². The highest BCUT2D eigenvalue weighted by Crippen LogP contribution is 2.56. The number of esters is 1. The number of carbonyl (C=O) groups excluding carboxylic acids is 4. The molecule has 3 aromatic heterocycles. The Morgan fingerprint density at radius 1 is 0.659 bits per heavy atom. The van der Waals surface area contributed by atoms with Crippen molar-refractivity contribution in [2.45, 2.75) is 180 Å². The number of phosphoric ester groups is 1. The maximum Gasteiger partial charge on any atom is 0.475 e. The van der Waals surface area contributed by atoms with E-state index in [-0.39, 0.29) is 40.6 Å². The number of fused-ring (bicyclic) bond motifs is 1. The molecule has 2 N–H and O–H groups in total. The topological polar surface area (TPSA) is 320 Å². The number of H-pyrrole nitrogens is 1. The largest absolute Gasteiger partial charge is 0.497 e. The number of imidazole rings is 1. The summed E-state index contributed by atoms with van der Waals surface area (Å²) < 4.78 is 99.3. The van der Waals surface area contributed by atoms with E-state index in [0.29, 0.717) is 43.9 Å². The molecular formula is C95H93N8O20PSi2. The summed E-state index contributed by atoms with van der Waals surface area (Å²) in [5.74, 6) is 46.8. The third kappa shape index (κ3) is 24.3. The van der Waals surface area contributed by atoms with E-state index in [9.17, 15) is 24.0 Å². The van der Waals surface area contributed by atoms with E-state index in [1.54, 1.807) is 66.2 Å². The van der Waals surface area contributed by atoms with Crippen LogP contribution in [0.2, 0.25) is 36.3 Å². The number of methoxy groups -OCH3 is 2. The SMILES string of the molecule is [C-]#[N+]CCOP(=O)(OC[C@H]1O[C@@H](n2ccc(=O)n(C(=O)c3cc(C)c(C)c(OC#CC#CC#CC#CC#CC#CC#CC#CC#CC#CC#C)c3)c2=O)C(O[Si](C)(C)C(C)(C)C)[C@H]1OC(=O)CCC(C)=O)O[C@@H]1C(O[Si](C)(C)C(C)(C)C)[C@H](n2cnc3c(=O)[nH]c(NC(=O)C(C)C)nc32)O[C@@H]1COC(c1ccccc1)(c1ccc(OC)cc1)c1ccc(OC)cc1. The zero-order valence-electron chi connectivity index (χ0n) is 72.7. The van der Waals surface area contributed by atoms with E-state index in [2.05, 4.69) is 145 Å². The molecule has 3 unspecified atom stereocenters. The summed E-state index contributed by atoms with van der Waals surface area (Å²) in [6.45, 7) is 32.9. The van der Waals surface area contributed by atoms with Gasteiger partial charge in [-0.2, -0.15) is 9.55 Å². The first-order valence-electron chi connectivity index (χ1n) is 39.6. The van der Waals surface area contributed by atoms with Gasteiger partial charge in [0.05, 0.1) is 40.2 Å². The van der Waals surface area contributed by atoms with Crippen LogP contribution in [0.1, 0.15) is 126 Å². The van der Waals surface area contributed by atoms with Gasteiger partial charge in [0.15, 0.2) is 46.4 Å². The van der Waals surface area contributed by atoms with Crippen molar-refractivity contribution in [1.82, 2.24) is 28.7 Å². The Hall–Kier alpha value is -13.4. The number of aromatic amines is 1. The predicted molar refractivity (Wildman–Crippen MR) is 475 cm³/mol. The molecule has 0 spiro atoms. The molecule has 31 heteroatoms. The number of aryl methyl sites for hydroxylation is 1. The second-order valence-corrected chi connectivity index (χ2v) is 43.0. The molecule has 0 radical (unpaired) electrons. The Kier molecular flexibility index (Phi) is 33.1. The second-order valence-electron chi connectivity index (χ2n) is 31.8. The van der Waals surface area contributed by atoms with E-state index in [1.807, 2.05) is 122 Å². The maximum absolute atomic E-state index is 16.8. The van der Waals surface area contributed by atoms with Crippen LogP contribution in [0.25, 0.3) is 16.0 Å². The van der Waals surface area contributed by atoms with Crippen molar-refractivity contribution in [2.24, 2.45) is 5.92 Å². The molecule has 1 amide bonds. The van der Waals surface area contributed by atoms with E-state index in [0.717, 1.165) is 16.8 Å². The van der Waals surface area contributed by atoms with E-state index in [4.69, 9.17) is 73.6 Å². The quantitative estimate of drug-likeness (QED) is 0.00803. The summed E-state index contributed by atoms with van der Waals surface area (Å²) in [6.07, 6.45) is -3.42. The third-order valence-corrected chi connectivity index (χ3v) is 31.4. The van der Waals surface area contributed by atoms with Crippen LogP contribution < -0.4 is 36.3 Å². The summed E-state index contributed by atoms with van der Waals surface area (Å²) in [7, 11) is -8.70. The lowest BCUT2D eigenvalue weighted by Gasteiger charge is -2.41. The molecule has 0 saturated carbocycles. The minimum absolute atomic E-state index is 0.0670. The number of aromatic nitrogens is 6. The standard InChI is InChI=1S/C95H93N8O20PSi2/c1-20-21-22-23-24-25-26-27-28-29-30-31-32-33-34-35-36-37-38-42-58-114-75-61-69(60-66(4)68(75)6)88(109)103-78(105)55-57-101(92(103)110)89-83(122-125(16,17)93(7,8)9)81(120-79(106)54-45-67(5)104)77(119-89)63-117-124(111,116-59-56-96-13)121-82-76(62-115-95(70-43-40-39-41-44-70,71-46-50-73(112-14)51-47-71)72-48-52-74(113-15)53-49-72)118-90(84(82)123-126(18,19)94(10,11)12)102-64-97-80-85(102)98-91(100-87(80)108)99-86(107)65(2)3/h1,39-41,43-44,46-53,55,57,60-61,64-65,76-77,81-84,89-90H,45,54,56,59,62-63H2,2-12,14-19H3,(H2,98,99,100,107,108)/t76-,77-,81+,82+,83?,84?,89-,90-,124?/m1/s1. The highest BCUT2D eigenvalue weighted by atomic mass is 31.2. The van der Waals surface area contributed by atoms with Crippen LogP contribution in [-0.4, -0.2) is 146 Å². The molecule has 126 heavy (non-hydrogen) atoms. The second kappa shape index (κ2) is 43.3. The van der Waals surface area contributed by atoms with Gasteiger partial charge in [0.25, 0.3) is 17.0 Å². The van der Waals surface area contributed by atoms with Crippen molar-refractivity contribution >= 4 is 65.1 Å². The molecule has 5 heterocycles. The molecular weight excluding hydrogens is 1660 g/mol. The number of Topliss-reactive ketones (excluding diaryl/α,β-unsaturated/α-hetero) is 1. The highest BCUT2D eigenvalue weighted by molar-refractivity contribution is 7.48. The van der Waals surface area contributed by atoms with Crippen LogP contribution in [0, 0.1) is 157 Å². The van der Waals surface area contributed by atoms with Gasteiger partial charge in [-0.15, -0.1) is 6.42 Å². The summed E-state index contributed by atoms with van der Waals surface area (Å²) >= 11 is 0. The first-order chi connectivity index (χ1) is 59.9. The van der Waals surface area contributed by atoms with Gasteiger partial charge < -0.3 is 51.6 Å². The summed E-state index contributed by atoms with van der Waals surface area (Å²) in [4.78, 5) is 114. The van der Waals surface area contributed by atoms with Gasteiger partial charge in [-0.05, 0) is 169 Å². The summed E-state index contributed by atoms with van der Waals surface area (Å²) in [5, 5.41) is 1.44. The monoisotopic (exact) mass is 1750 g/mol. The molecule has 2 saturated heterocycles. The van der Waals surface area contributed by atoms with Gasteiger partial charge in [-0.3, -0.25) is 57.0 Å². The van der Waals surface area contributed by atoms with Crippen molar-refractivity contribution in [3.05, 3.63) is 186 Å². The Morgan fingerprint density at radius 3 is 1.67 bits per heavy atom. The van der Waals surface area contributed by atoms with Gasteiger partial charge in [-0.25, -0.2) is 20.9 Å². The number of nitrogens with zero attached hydrogens (tertiary/aromatic N) is 6. The zero-order valence-corrected chi connectivity index (χ0v) is 75.6. The van der Waals surface area contributed by atoms with Gasteiger partial charge in [0, 0.05) is 101 Å². The number of carbonyl (C=O) groups is 4.